The molecule has 0 aliphatic carbocycles. The standard InChI is InChI=1S/C23H22F5N5O3/c1-13-12-32(6-7-33(13)17-9-15(24)8-16(25)10-17)19(34)4-5-22(20(35)30-21(36)31-22)14-2-3-18(29-11-14)23(26,27)28/h2-3,8-11,13H,4-7,12H2,1H3,(H2,30,31,35,36)/t13-,22-/m0/s1. The highest BCUT2D eigenvalue weighted by molar-refractivity contribution is 6.07. The fraction of sp³-hybridized carbons (Fsp3) is 0.391. The Hall–Kier alpha value is -3.77. The van der Waals surface area contributed by atoms with Gasteiger partial charge in [0.2, 0.25) is 5.91 Å². The Morgan fingerprint density at radius 2 is 1.83 bits per heavy atom. The molecular weight excluding hydrogens is 489 g/mol. The summed E-state index contributed by atoms with van der Waals surface area (Å²) in [6.45, 7) is 2.59. The average Bonchev–Trinajstić information content (AvgIpc) is 3.10. The smallest absolute Gasteiger partial charge is 0.365 e. The van der Waals surface area contributed by atoms with Crippen LogP contribution in [0.2, 0.25) is 0 Å². The quantitative estimate of drug-likeness (QED) is 0.476. The molecule has 2 atom stereocenters. The van der Waals surface area contributed by atoms with E-state index in [4.69, 9.17) is 0 Å². The number of benzene rings is 1. The maximum absolute atomic E-state index is 13.6. The van der Waals surface area contributed by atoms with Gasteiger partial charge in [-0.2, -0.15) is 13.2 Å². The van der Waals surface area contributed by atoms with E-state index in [0.717, 1.165) is 18.3 Å². The molecule has 13 heteroatoms. The number of carbonyl (C=O) groups excluding carboxylic acids is 3. The minimum absolute atomic E-state index is 0.0120. The van der Waals surface area contributed by atoms with E-state index in [1.807, 2.05) is 0 Å². The molecule has 4 amide bonds. The van der Waals surface area contributed by atoms with E-state index in [-0.39, 0.29) is 43.4 Å². The predicted octanol–water partition coefficient (Wildman–Crippen LogP) is 2.93. The van der Waals surface area contributed by atoms with Crippen molar-refractivity contribution in [1.82, 2.24) is 20.5 Å². The highest BCUT2D eigenvalue weighted by Crippen LogP contribution is 2.33. The summed E-state index contributed by atoms with van der Waals surface area (Å²) >= 11 is 0. The summed E-state index contributed by atoms with van der Waals surface area (Å²) in [6, 6.07) is 3.83. The molecule has 2 aromatic rings. The lowest BCUT2D eigenvalue weighted by molar-refractivity contribution is -0.141. The Kier molecular flexibility index (Phi) is 6.58. The van der Waals surface area contributed by atoms with Crippen LogP contribution in [-0.2, 0) is 21.3 Å². The van der Waals surface area contributed by atoms with Crippen molar-refractivity contribution in [3.63, 3.8) is 0 Å². The van der Waals surface area contributed by atoms with Crippen molar-refractivity contribution in [2.75, 3.05) is 24.5 Å². The van der Waals surface area contributed by atoms with Gasteiger partial charge in [-0.3, -0.25) is 19.9 Å². The largest absolute Gasteiger partial charge is 0.433 e. The second-order valence-corrected chi connectivity index (χ2v) is 8.75. The zero-order valence-electron chi connectivity index (χ0n) is 19.0. The zero-order valence-corrected chi connectivity index (χ0v) is 19.0. The number of nitrogens with one attached hydrogen (secondary N) is 2. The van der Waals surface area contributed by atoms with Gasteiger partial charge in [0.15, 0.2) is 0 Å². The number of anilines is 1. The third-order valence-electron chi connectivity index (χ3n) is 6.36. The van der Waals surface area contributed by atoms with E-state index in [0.29, 0.717) is 18.3 Å². The molecule has 0 bridgehead atoms. The number of nitrogens with zero attached hydrogens (tertiary/aromatic N) is 3. The summed E-state index contributed by atoms with van der Waals surface area (Å²) in [7, 11) is 0. The van der Waals surface area contributed by atoms with Crippen LogP contribution in [0.25, 0.3) is 0 Å². The van der Waals surface area contributed by atoms with Gasteiger partial charge >= 0.3 is 12.2 Å². The third-order valence-corrected chi connectivity index (χ3v) is 6.36. The number of pyridine rings is 1. The number of urea groups is 1. The second-order valence-electron chi connectivity index (χ2n) is 8.75. The van der Waals surface area contributed by atoms with Gasteiger partial charge in [0, 0.05) is 55.6 Å². The highest BCUT2D eigenvalue weighted by atomic mass is 19.4. The fourth-order valence-corrected chi connectivity index (χ4v) is 4.55. The van der Waals surface area contributed by atoms with Gasteiger partial charge in [0.25, 0.3) is 5.91 Å². The van der Waals surface area contributed by atoms with Gasteiger partial charge in [-0.1, -0.05) is 6.07 Å². The molecule has 2 saturated heterocycles. The second kappa shape index (κ2) is 9.36. The molecule has 0 unspecified atom stereocenters. The van der Waals surface area contributed by atoms with Gasteiger partial charge in [-0.25, -0.2) is 13.6 Å². The average molecular weight is 511 g/mol. The minimum atomic E-state index is -4.68. The number of alkyl halides is 3. The Balaban J connectivity index is 1.46. The number of aromatic nitrogens is 1. The molecule has 3 heterocycles. The van der Waals surface area contributed by atoms with Crippen molar-refractivity contribution >= 4 is 23.5 Å². The predicted molar refractivity (Wildman–Crippen MR) is 117 cm³/mol. The molecule has 2 aliphatic heterocycles. The van der Waals surface area contributed by atoms with E-state index in [1.165, 1.54) is 17.0 Å². The van der Waals surface area contributed by atoms with Gasteiger partial charge < -0.3 is 15.1 Å². The molecule has 8 nitrogen and oxygen atoms in total. The van der Waals surface area contributed by atoms with E-state index >= 15 is 0 Å². The number of piperazine rings is 1. The molecule has 2 N–H and O–H groups in total. The highest BCUT2D eigenvalue weighted by Gasteiger charge is 2.48. The SMILES string of the molecule is C[C@H]1CN(C(=O)CC[C@@]2(c3ccc(C(F)(F)F)nc3)NC(=O)NC2=O)CCN1c1cc(F)cc(F)c1. The molecule has 192 valence electrons. The van der Waals surface area contributed by atoms with Crippen LogP contribution in [0.1, 0.15) is 31.0 Å². The Labute approximate surface area is 202 Å². The first kappa shape index (κ1) is 25.3. The molecule has 0 radical (unpaired) electrons. The zero-order chi connectivity index (χ0) is 26.3. The van der Waals surface area contributed by atoms with Crippen LogP contribution in [0.4, 0.5) is 32.4 Å². The van der Waals surface area contributed by atoms with Crippen molar-refractivity contribution in [3.05, 3.63) is 59.4 Å². The number of hydrogen-bond donors (Lipinski definition) is 2. The van der Waals surface area contributed by atoms with Crippen LogP contribution < -0.4 is 15.5 Å². The Morgan fingerprint density at radius 1 is 1.14 bits per heavy atom. The van der Waals surface area contributed by atoms with E-state index in [1.54, 1.807) is 11.8 Å². The number of rotatable bonds is 5. The molecule has 2 fully saturated rings. The molecule has 0 spiro atoms. The van der Waals surface area contributed by atoms with Crippen LogP contribution in [-0.4, -0.2) is 53.4 Å². The number of hydrogen-bond acceptors (Lipinski definition) is 5. The van der Waals surface area contributed by atoms with Gasteiger partial charge in [0.05, 0.1) is 0 Å². The molecule has 2 aliphatic rings. The van der Waals surface area contributed by atoms with Crippen molar-refractivity contribution in [2.45, 2.75) is 37.5 Å². The summed E-state index contributed by atoms with van der Waals surface area (Å²) in [4.78, 5) is 44.2. The lowest BCUT2D eigenvalue weighted by atomic mass is 9.86. The maximum Gasteiger partial charge on any atom is 0.433 e. The van der Waals surface area contributed by atoms with Gasteiger partial charge in [-0.05, 0) is 31.5 Å². The number of imide groups is 1. The first-order valence-corrected chi connectivity index (χ1v) is 11.1. The van der Waals surface area contributed by atoms with Gasteiger partial charge in [-0.15, -0.1) is 0 Å². The minimum Gasteiger partial charge on any atom is -0.365 e. The molecule has 36 heavy (non-hydrogen) atoms. The normalized spacial score (nSPS) is 22.4. The van der Waals surface area contributed by atoms with Crippen LogP contribution in [0.15, 0.2) is 36.5 Å². The lowest BCUT2D eigenvalue weighted by Gasteiger charge is -2.41. The number of halogens is 5. The van der Waals surface area contributed by atoms with Crippen molar-refractivity contribution in [1.29, 1.82) is 0 Å². The monoisotopic (exact) mass is 511 g/mol. The van der Waals surface area contributed by atoms with Crippen LogP contribution in [0.3, 0.4) is 0 Å². The maximum atomic E-state index is 13.6. The molecule has 4 rings (SSSR count). The number of amides is 4. The van der Waals surface area contributed by atoms with Crippen molar-refractivity contribution < 1.29 is 36.3 Å². The summed E-state index contributed by atoms with van der Waals surface area (Å²) < 4.78 is 65.9. The Morgan fingerprint density at radius 3 is 2.36 bits per heavy atom. The molecule has 1 aromatic carbocycles. The third kappa shape index (κ3) is 4.95. The van der Waals surface area contributed by atoms with E-state index in [2.05, 4.69) is 15.6 Å². The summed E-state index contributed by atoms with van der Waals surface area (Å²) in [5.74, 6) is -2.57. The summed E-state index contributed by atoms with van der Waals surface area (Å²) in [5, 5.41) is 4.49. The summed E-state index contributed by atoms with van der Waals surface area (Å²) in [6.07, 6.45) is -4.23. The van der Waals surface area contributed by atoms with Crippen LogP contribution in [0.5, 0.6) is 0 Å². The van der Waals surface area contributed by atoms with E-state index in [9.17, 15) is 36.3 Å². The van der Waals surface area contributed by atoms with Crippen molar-refractivity contribution in [3.8, 4) is 0 Å². The molecule has 1 aromatic heterocycles. The molecular formula is C23H22F5N5O3. The van der Waals surface area contributed by atoms with Crippen molar-refractivity contribution in [2.24, 2.45) is 0 Å². The lowest BCUT2D eigenvalue weighted by Crippen LogP contribution is -2.54. The topological polar surface area (TPSA) is 94.6 Å². The van der Waals surface area contributed by atoms with Gasteiger partial charge in [0.1, 0.15) is 22.9 Å². The first-order chi connectivity index (χ1) is 16.9. The van der Waals surface area contributed by atoms with Crippen LogP contribution >= 0.6 is 0 Å². The van der Waals surface area contributed by atoms with E-state index < -0.39 is 41.0 Å². The number of carbonyl (C=O) groups is 3. The first-order valence-electron chi connectivity index (χ1n) is 11.1. The molecule has 0 saturated carbocycles. The fourth-order valence-electron chi connectivity index (χ4n) is 4.55. The Bertz CT molecular complexity index is 1170. The van der Waals surface area contributed by atoms with Crippen LogP contribution in [0, 0.1) is 11.6 Å². The summed E-state index contributed by atoms with van der Waals surface area (Å²) in [5.41, 5.74) is -2.55.